The largest absolute Gasteiger partial charge is 0.352 e. The number of hydrogen-bond donors (Lipinski definition) is 2. The molecule has 2 saturated carbocycles. The van der Waals surface area contributed by atoms with Crippen molar-refractivity contribution in [2.24, 2.45) is 23.5 Å². The van der Waals surface area contributed by atoms with Gasteiger partial charge in [-0.3, -0.25) is 4.79 Å². The van der Waals surface area contributed by atoms with Crippen LogP contribution in [0, 0.1) is 23.6 Å². The van der Waals surface area contributed by atoms with Gasteiger partial charge in [-0.2, -0.15) is 0 Å². The molecule has 4 unspecified atom stereocenters. The van der Waals surface area contributed by atoms with Crippen LogP contribution >= 0.6 is 28.3 Å². The Labute approximate surface area is 138 Å². The number of halogens is 3. The third-order valence-electron chi connectivity index (χ3n) is 4.73. The normalized spacial score (nSPS) is 30.0. The van der Waals surface area contributed by atoms with E-state index < -0.39 is 0 Å². The van der Waals surface area contributed by atoms with Gasteiger partial charge in [-0.1, -0.05) is 6.07 Å². The maximum absolute atomic E-state index is 13.4. The molecule has 0 radical (unpaired) electrons. The first-order valence-corrected chi connectivity index (χ1v) is 7.83. The van der Waals surface area contributed by atoms with E-state index in [0.29, 0.717) is 22.9 Å². The van der Waals surface area contributed by atoms with Crippen LogP contribution < -0.4 is 11.1 Å². The van der Waals surface area contributed by atoms with Crippen molar-refractivity contribution in [1.29, 1.82) is 0 Å². The molecule has 0 heterocycles. The summed E-state index contributed by atoms with van der Waals surface area (Å²) in [6.45, 7) is 0.351. The van der Waals surface area contributed by atoms with Crippen LogP contribution in [-0.4, -0.2) is 11.9 Å². The summed E-state index contributed by atoms with van der Waals surface area (Å²) < 4.78 is 13.8. The Bertz CT molecular complexity index is 540. The number of benzene rings is 1. The highest BCUT2D eigenvalue weighted by molar-refractivity contribution is 9.10. The van der Waals surface area contributed by atoms with Gasteiger partial charge in [-0.25, -0.2) is 4.39 Å². The van der Waals surface area contributed by atoms with Crippen LogP contribution in [0.4, 0.5) is 4.39 Å². The molecule has 2 bridgehead atoms. The summed E-state index contributed by atoms with van der Waals surface area (Å²) in [7, 11) is 0. The SMILES string of the molecule is Cl.NC1C2CCC(C2)C1C(=O)NCc1ccc(Br)c(F)c1. The Morgan fingerprint density at radius 2 is 2.10 bits per heavy atom. The van der Waals surface area contributed by atoms with Crippen LogP contribution in [0.25, 0.3) is 0 Å². The Kier molecular flexibility index (Phi) is 5.28. The fraction of sp³-hybridized carbons (Fsp3) is 0.533. The van der Waals surface area contributed by atoms with Gasteiger partial charge in [0, 0.05) is 12.6 Å². The van der Waals surface area contributed by atoms with E-state index in [1.807, 2.05) is 0 Å². The molecule has 2 aliphatic carbocycles. The van der Waals surface area contributed by atoms with E-state index in [4.69, 9.17) is 5.73 Å². The highest BCUT2D eigenvalue weighted by Gasteiger charge is 2.48. The minimum absolute atomic E-state index is 0. The van der Waals surface area contributed by atoms with Gasteiger partial charge in [-0.15, -0.1) is 12.4 Å². The lowest BCUT2D eigenvalue weighted by molar-refractivity contribution is -0.127. The number of nitrogens with two attached hydrogens (primary N) is 1. The van der Waals surface area contributed by atoms with E-state index in [1.54, 1.807) is 12.1 Å². The van der Waals surface area contributed by atoms with Crippen molar-refractivity contribution < 1.29 is 9.18 Å². The minimum atomic E-state index is -0.312. The van der Waals surface area contributed by atoms with Crippen LogP contribution in [0.1, 0.15) is 24.8 Å². The van der Waals surface area contributed by atoms with E-state index in [9.17, 15) is 9.18 Å². The maximum Gasteiger partial charge on any atom is 0.225 e. The van der Waals surface area contributed by atoms with Gasteiger partial charge in [0.2, 0.25) is 5.91 Å². The molecule has 21 heavy (non-hydrogen) atoms. The maximum atomic E-state index is 13.4. The van der Waals surface area contributed by atoms with E-state index in [0.717, 1.165) is 24.8 Å². The monoisotopic (exact) mass is 376 g/mol. The third kappa shape index (κ3) is 3.25. The summed E-state index contributed by atoms with van der Waals surface area (Å²) in [5.74, 6) is 0.605. The lowest BCUT2D eigenvalue weighted by Crippen LogP contribution is -2.45. The Balaban J connectivity index is 0.00000161. The molecule has 2 aliphatic rings. The lowest BCUT2D eigenvalue weighted by atomic mass is 9.84. The summed E-state index contributed by atoms with van der Waals surface area (Å²) in [4.78, 5) is 12.3. The van der Waals surface area contributed by atoms with Crippen molar-refractivity contribution in [1.82, 2.24) is 5.32 Å². The number of amides is 1. The molecule has 3 nitrogen and oxygen atoms in total. The van der Waals surface area contributed by atoms with Crippen molar-refractivity contribution in [3.8, 4) is 0 Å². The molecule has 3 rings (SSSR count). The fourth-order valence-corrected chi connectivity index (χ4v) is 3.93. The van der Waals surface area contributed by atoms with Crippen LogP contribution in [-0.2, 0) is 11.3 Å². The average Bonchev–Trinajstić information content (AvgIpc) is 3.00. The number of carbonyl (C=O) groups is 1. The van der Waals surface area contributed by atoms with Crippen LogP contribution in [0.15, 0.2) is 22.7 Å². The van der Waals surface area contributed by atoms with E-state index in [1.165, 1.54) is 6.07 Å². The Morgan fingerprint density at radius 3 is 2.71 bits per heavy atom. The molecule has 4 atom stereocenters. The fourth-order valence-electron chi connectivity index (χ4n) is 3.68. The molecule has 0 spiro atoms. The number of hydrogen-bond acceptors (Lipinski definition) is 2. The van der Waals surface area contributed by atoms with Gasteiger partial charge >= 0.3 is 0 Å². The van der Waals surface area contributed by atoms with Crippen LogP contribution in [0.2, 0.25) is 0 Å². The summed E-state index contributed by atoms with van der Waals surface area (Å²) in [6, 6.07) is 4.88. The van der Waals surface area contributed by atoms with Gasteiger partial charge in [0.25, 0.3) is 0 Å². The molecule has 2 fully saturated rings. The highest BCUT2D eigenvalue weighted by Crippen LogP contribution is 2.47. The Hall–Kier alpha value is -0.650. The average molecular weight is 378 g/mol. The number of fused-ring (bicyclic) bond motifs is 2. The van der Waals surface area contributed by atoms with E-state index in [2.05, 4.69) is 21.2 Å². The highest BCUT2D eigenvalue weighted by atomic mass is 79.9. The minimum Gasteiger partial charge on any atom is -0.352 e. The second-order valence-corrected chi connectivity index (χ2v) is 6.76. The molecule has 0 aliphatic heterocycles. The molecule has 1 amide bonds. The van der Waals surface area contributed by atoms with E-state index in [-0.39, 0.29) is 36.1 Å². The van der Waals surface area contributed by atoms with Crippen LogP contribution in [0.3, 0.4) is 0 Å². The lowest BCUT2D eigenvalue weighted by Gasteiger charge is -2.27. The molecule has 116 valence electrons. The summed E-state index contributed by atoms with van der Waals surface area (Å²) in [5, 5.41) is 2.90. The summed E-state index contributed by atoms with van der Waals surface area (Å²) in [6.07, 6.45) is 3.36. The molecule has 0 saturated heterocycles. The molecule has 1 aromatic carbocycles. The number of nitrogens with one attached hydrogen (secondary N) is 1. The zero-order valence-electron chi connectivity index (χ0n) is 11.5. The van der Waals surface area contributed by atoms with Gasteiger partial charge in [-0.05, 0) is 64.7 Å². The topological polar surface area (TPSA) is 55.1 Å². The molecular formula is C15H19BrClFN2O. The number of rotatable bonds is 3. The smallest absolute Gasteiger partial charge is 0.225 e. The molecule has 1 aromatic rings. The summed E-state index contributed by atoms with van der Waals surface area (Å²) >= 11 is 3.11. The second-order valence-electron chi connectivity index (χ2n) is 5.90. The first-order valence-electron chi connectivity index (χ1n) is 7.03. The second kappa shape index (κ2) is 6.63. The molecular weight excluding hydrogens is 359 g/mol. The standard InChI is InChI=1S/C15H18BrFN2O.ClH/c16-11-4-1-8(5-12(11)17)7-19-15(20)13-9-2-3-10(6-9)14(13)18;/h1,4-5,9-10,13-14H,2-3,6-7,18H2,(H,19,20);1H. The van der Waals surface area contributed by atoms with Crippen molar-refractivity contribution in [3.05, 3.63) is 34.1 Å². The zero-order valence-corrected chi connectivity index (χ0v) is 13.9. The first kappa shape index (κ1) is 16.7. The van der Waals surface area contributed by atoms with Gasteiger partial charge in [0.15, 0.2) is 0 Å². The molecule has 3 N–H and O–H groups in total. The quantitative estimate of drug-likeness (QED) is 0.851. The van der Waals surface area contributed by atoms with Crippen LogP contribution in [0.5, 0.6) is 0 Å². The van der Waals surface area contributed by atoms with E-state index >= 15 is 0 Å². The Morgan fingerprint density at radius 1 is 1.38 bits per heavy atom. The molecule has 0 aromatic heterocycles. The van der Waals surface area contributed by atoms with Crippen molar-refractivity contribution >= 4 is 34.2 Å². The van der Waals surface area contributed by atoms with Gasteiger partial charge in [0.05, 0.1) is 10.4 Å². The van der Waals surface area contributed by atoms with Crippen molar-refractivity contribution in [3.63, 3.8) is 0 Å². The van der Waals surface area contributed by atoms with Gasteiger partial charge < -0.3 is 11.1 Å². The predicted molar refractivity (Wildman–Crippen MR) is 85.5 cm³/mol. The first-order chi connectivity index (χ1) is 9.56. The van der Waals surface area contributed by atoms with Crippen molar-refractivity contribution in [2.45, 2.75) is 31.8 Å². The van der Waals surface area contributed by atoms with Gasteiger partial charge in [0.1, 0.15) is 5.82 Å². The zero-order chi connectivity index (χ0) is 14.3. The predicted octanol–water partition coefficient (Wildman–Crippen LogP) is 3.00. The number of carbonyl (C=O) groups excluding carboxylic acids is 1. The van der Waals surface area contributed by atoms with Crippen molar-refractivity contribution in [2.75, 3.05) is 0 Å². The molecule has 6 heteroatoms. The third-order valence-corrected chi connectivity index (χ3v) is 5.38. The summed E-state index contributed by atoms with van der Waals surface area (Å²) in [5.41, 5.74) is 6.91.